The Morgan fingerprint density at radius 2 is 1.72 bits per heavy atom. The summed E-state index contributed by atoms with van der Waals surface area (Å²) >= 11 is 0. The molecule has 0 spiro atoms. The maximum absolute atomic E-state index is 12.3. The van der Waals surface area contributed by atoms with E-state index in [0.29, 0.717) is 19.4 Å². The molecule has 0 rings (SSSR count). The maximum Gasteiger partial charge on any atom is 0.305 e. The summed E-state index contributed by atoms with van der Waals surface area (Å²) in [6, 6.07) is 0. The standard InChI is InChI=1S/C13H26N2O3/c1-12(2,13(3,4)14)11(17)15(5)9-7-8-10(16)18-6/h7-9,14H2,1-6H3. The molecule has 0 unspecified atom stereocenters. The molecule has 0 radical (unpaired) electrons. The molecule has 1 amide bonds. The van der Waals surface area contributed by atoms with Gasteiger partial charge in [0.1, 0.15) is 0 Å². The third kappa shape index (κ3) is 4.29. The van der Waals surface area contributed by atoms with E-state index in [0.717, 1.165) is 0 Å². The lowest BCUT2D eigenvalue weighted by molar-refractivity contribution is -0.144. The first-order valence-corrected chi connectivity index (χ1v) is 6.15. The zero-order chi connectivity index (χ0) is 14.6. The van der Waals surface area contributed by atoms with E-state index in [1.807, 2.05) is 27.7 Å². The normalized spacial score (nSPS) is 12.2. The van der Waals surface area contributed by atoms with Gasteiger partial charge in [0.15, 0.2) is 0 Å². The highest BCUT2D eigenvalue weighted by Crippen LogP contribution is 2.30. The smallest absolute Gasteiger partial charge is 0.305 e. The second-order valence-electron chi connectivity index (χ2n) is 5.75. The monoisotopic (exact) mass is 258 g/mol. The molecule has 0 aromatic rings. The van der Waals surface area contributed by atoms with E-state index in [9.17, 15) is 9.59 Å². The summed E-state index contributed by atoms with van der Waals surface area (Å²) in [6.45, 7) is 7.88. The van der Waals surface area contributed by atoms with E-state index >= 15 is 0 Å². The summed E-state index contributed by atoms with van der Waals surface area (Å²) < 4.78 is 4.55. The van der Waals surface area contributed by atoms with Crippen LogP contribution in [0.15, 0.2) is 0 Å². The molecule has 0 aromatic carbocycles. The number of nitrogens with two attached hydrogens (primary N) is 1. The molecule has 0 atom stereocenters. The molecule has 5 heteroatoms. The van der Waals surface area contributed by atoms with Crippen LogP contribution < -0.4 is 5.73 Å². The van der Waals surface area contributed by atoms with Crippen molar-refractivity contribution in [3.8, 4) is 0 Å². The van der Waals surface area contributed by atoms with Crippen molar-refractivity contribution < 1.29 is 14.3 Å². The van der Waals surface area contributed by atoms with Gasteiger partial charge in [-0.05, 0) is 34.1 Å². The average Bonchev–Trinajstić information content (AvgIpc) is 2.25. The van der Waals surface area contributed by atoms with Gasteiger partial charge in [0, 0.05) is 25.6 Å². The van der Waals surface area contributed by atoms with E-state index in [1.165, 1.54) is 7.11 Å². The molecule has 0 fully saturated rings. The SMILES string of the molecule is COC(=O)CCCN(C)C(=O)C(C)(C)C(C)(C)N. The van der Waals surface area contributed by atoms with Gasteiger partial charge in [0.25, 0.3) is 0 Å². The van der Waals surface area contributed by atoms with E-state index < -0.39 is 11.0 Å². The summed E-state index contributed by atoms with van der Waals surface area (Å²) in [6.07, 6.45) is 0.913. The van der Waals surface area contributed by atoms with Crippen molar-refractivity contribution in [3.05, 3.63) is 0 Å². The topological polar surface area (TPSA) is 72.6 Å². The molecule has 18 heavy (non-hydrogen) atoms. The fraction of sp³-hybridized carbons (Fsp3) is 0.846. The lowest BCUT2D eigenvalue weighted by Gasteiger charge is -2.39. The molecule has 0 aliphatic heterocycles. The highest BCUT2D eigenvalue weighted by Gasteiger charge is 2.41. The third-order valence-electron chi connectivity index (χ3n) is 3.59. The number of carbonyl (C=O) groups excluding carboxylic acids is 2. The minimum Gasteiger partial charge on any atom is -0.469 e. The number of amides is 1. The van der Waals surface area contributed by atoms with Crippen LogP contribution in [0.3, 0.4) is 0 Å². The molecule has 0 aliphatic carbocycles. The number of rotatable bonds is 6. The van der Waals surface area contributed by atoms with Crippen LogP contribution in [-0.4, -0.2) is 43.0 Å². The van der Waals surface area contributed by atoms with Gasteiger partial charge in [-0.2, -0.15) is 0 Å². The molecule has 0 saturated carbocycles. The predicted octanol–water partition coefficient (Wildman–Crippen LogP) is 1.16. The van der Waals surface area contributed by atoms with Crippen molar-refractivity contribution in [2.75, 3.05) is 20.7 Å². The Bertz CT molecular complexity index is 306. The zero-order valence-electron chi connectivity index (χ0n) is 12.4. The van der Waals surface area contributed by atoms with E-state index in [4.69, 9.17) is 5.73 Å². The molecule has 106 valence electrons. The van der Waals surface area contributed by atoms with Crippen LogP contribution >= 0.6 is 0 Å². The molecule has 5 nitrogen and oxygen atoms in total. The number of carbonyl (C=O) groups is 2. The molecule has 0 bridgehead atoms. The molecule has 0 saturated heterocycles. The number of esters is 1. The van der Waals surface area contributed by atoms with Gasteiger partial charge in [-0.1, -0.05) is 0 Å². The van der Waals surface area contributed by atoms with E-state index in [2.05, 4.69) is 4.74 Å². The van der Waals surface area contributed by atoms with Crippen LogP contribution in [0.25, 0.3) is 0 Å². The number of ether oxygens (including phenoxy) is 1. The molecular formula is C13H26N2O3. The molecule has 0 aromatic heterocycles. The minimum absolute atomic E-state index is 0.0140. The summed E-state index contributed by atoms with van der Waals surface area (Å²) in [5.41, 5.74) is 4.79. The minimum atomic E-state index is -0.646. The maximum atomic E-state index is 12.3. The summed E-state index contributed by atoms with van der Waals surface area (Å²) in [7, 11) is 3.09. The van der Waals surface area contributed by atoms with Crippen molar-refractivity contribution in [2.24, 2.45) is 11.1 Å². The molecule has 0 aliphatic rings. The fourth-order valence-electron chi connectivity index (χ4n) is 1.42. The van der Waals surface area contributed by atoms with Crippen molar-refractivity contribution in [1.82, 2.24) is 4.90 Å². The van der Waals surface area contributed by atoms with Gasteiger partial charge in [-0.3, -0.25) is 9.59 Å². The first-order valence-electron chi connectivity index (χ1n) is 6.15. The average molecular weight is 258 g/mol. The van der Waals surface area contributed by atoms with Crippen molar-refractivity contribution in [3.63, 3.8) is 0 Å². The number of methoxy groups -OCH3 is 1. The quantitative estimate of drug-likeness (QED) is 0.726. The Morgan fingerprint density at radius 3 is 2.11 bits per heavy atom. The second-order valence-corrected chi connectivity index (χ2v) is 5.75. The van der Waals surface area contributed by atoms with Gasteiger partial charge < -0.3 is 15.4 Å². The van der Waals surface area contributed by atoms with Crippen LogP contribution in [0.5, 0.6) is 0 Å². The second kappa shape index (κ2) is 6.18. The predicted molar refractivity (Wildman–Crippen MR) is 70.9 cm³/mol. The van der Waals surface area contributed by atoms with Crippen LogP contribution in [0.1, 0.15) is 40.5 Å². The zero-order valence-corrected chi connectivity index (χ0v) is 12.4. The number of hydrogen-bond acceptors (Lipinski definition) is 4. The molecule has 0 heterocycles. The summed E-state index contributed by atoms with van der Waals surface area (Å²) in [5.74, 6) is -0.269. The molecule has 2 N–H and O–H groups in total. The van der Waals surface area contributed by atoms with Crippen LogP contribution in [-0.2, 0) is 14.3 Å². The fourth-order valence-corrected chi connectivity index (χ4v) is 1.42. The Kier molecular flexibility index (Phi) is 5.80. The van der Waals surface area contributed by atoms with Gasteiger partial charge >= 0.3 is 5.97 Å². The first-order chi connectivity index (χ1) is 8.04. The number of hydrogen-bond donors (Lipinski definition) is 1. The van der Waals surface area contributed by atoms with Gasteiger partial charge in [-0.15, -0.1) is 0 Å². The van der Waals surface area contributed by atoms with Crippen LogP contribution in [0, 0.1) is 5.41 Å². The largest absolute Gasteiger partial charge is 0.469 e. The van der Waals surface area contributed by atoms with Crippen molar-refractivity contribution in [2.45, 2.75) is 46.1 Å². The van der Waals surface area contributed by atoms with Gasteiger partial charge in [-0.25, -0.2) is 0 Å². The lowest BCUT2D eigenvalue weighted by Crippen LogP contribution is -2.55. The first kappa shape index (κ1) is 16.9. The summed E-state index contributed by atoms with van der Waals surface area (Å²) in [5, 5.41) is 0. The Hall–Kier alpha value is -1.10. The lowest BCUT2D eigenvalue weighted by atomic mass is 9.74. The third-order valence-corrected chi connectivity index (χ3v) is 3.59. The Labute approximate surface area is 110 Å². The number of nitrogens with zero attached hydrogens (tertiary/aromatic N) is 1. The Morgan fingerprint density at radius 1 is 1.22 bits per heavy atom. The van der Waals surface area contributed by atoms with E-state index in [1.54, 1.807) is 11.9 Å². The van der Waals surface area contributed by atoms with Crippen molar-refractivity contribution >= 4 is 11.9 Å². The highest BCUT2D eigenvalue weighted by atomic mass is 16.5. The summed E-state index contributed by atoms with van der Waals surface area (Å²) in [4.78, 5) is 24.9. The highest BCUT2D eigenvalue weighted by molar-refractivity contribution is 5.83. The molecular weight excluding hydrogens is 232 g/mol. The van der Waals surface area contributed by atoms with E-state index in [-0.39, 0.29) is 11.9 Å². The van der Waals surface area contributed by atoms with Gasteiger partial charge in [0.05, 0.1) is 12.5 Å². The van der Waals surface area contributed by atoms with Crippen LogP contribution in [0.4, 0.5) is 0 Å². The van der Waals surface area contributed by atoms with Gasteiger partial charge in [0.2, 0.25) is 5.91 Å². The van der Waals surface area contributed by atoms with Crippen molar-refractivity contribution in [1.29, 1.82) is 0 Å². The Balaban J connectivity index is 4.40. The van der Waals surface area contributed by atoms with Crippen LogP contribution in [0.2, 0.25) is 0 Å².